The van der Waals surface area contributed by atoms with Gasteiger partial charge in [0.15, 0.2) is 0 Å². The minimum atomic E-state index is -0.363. The van der Waals surface area contributed by atoms with Crippen LogP contribution in [0, 0.1) is 0 Å². The number of hydrogen-bond acceptors (Lipinski definition) is 6. The van der Waals surface area contributed by atoms with Crippen molar-refractivity contribution >= 4 is 70.9 Å². The Morgan fingerprint density at radius 1 is 1.50 bits per heavy atom. The van der Waals surface area contributed by atoms with Crippen LogP contribution in [0.3, 0.4) is 0 Å². The molecule has 2 atom stereocenters. The van der Waals surface area contributed by atoms with E-state index >= 15 is 0 Å². The number of hydrogen-bond donors (Lipinski definition) is 1. The highest BCUT2D eigenvalue weighted by Gasteiger charge is 2.34. The van der Waals surface area contributed by atoms with Crippen molar-refractivity contribution in [2.75, 3.05) is 36.2 Å². The van der Waals surface area contributed by atoms with Gasteiger partial charge in [0, 0.05) is 24.6 Å². The summed E-state index contributed by atoms with van der Waals surface area (Å²) in [6.45, 7) is 2.24. The highest BCUT2D eigenvalue weighted by Crippen LogP contribution is 2.47. The van der Waals surface area contributed by atoms with Crippen LogP contribution in [0.1, 0.15) is 6.92 Å². The fraction of sp³-hybridized carbons (Fsp3) is 0.467. The Bertz CT molecular complexity index is 646. The van der Waals surface area contributed by atoms with Gasteiger partial charge in [0.25, 0.3) is 0 Å². The number of carbonyl (C=O) groups is 2. The molecule has 2 heterocycles. The summed E-state index contributed by atoms with van der Waals surface area (Å²) in [6.07, 6.45) is 1.41. The Hall–Kier alpha value is -0.810. The molecule has 2 amide bonds. The molecular weight excluding hydrogens is 461 g/mol. The lowest BCUT2D eigenvalue weighted by molar-refractivity contribution is -0.119. The zero-order valence-electron chi connectivity index (χ0n) is 13.6. The minimum absolute atomic E-state index is 0. The maximum atomic E-state index is 12.1. The molecule has 1 aromatic carbocycles. The Kier molecular flexibility index (Phi) is 6.54. The van der Waals surface area contributed by atoms with Crippen LogP contribution in [0.2, 0.25) is 0 Å². The van der Waals surface area contributed by atoms with E-state index in [-0.39, 0.29) is 42.1 Å². The number of cyclic esters (lactones) is 1. The molecule has 132 valence electrons. The normalized spacial score (nSPS) is 22.0. The van der Waals surface area contributed by atoms with E-state index in [2.05, 4.69) is 23.5 Å². The molecule has 0 aliphatic carbocycles. The number of thioether (sulfide) groups is 2. The first-order chi connectivity index (χ1) is 11.0. The molecule has 1 N–H and O–H groups in total. The first-order valence-electron chi connectivity index (χ1n) is 7.28. The number of ether oxygens (including phenoxy) is 1. The molecule has 6 nitrogen and oxygen atoms in total. The van der Waals surface area contributed by atoms with Crippen molar-refractivity contribution < 1.29 is 14.3 Å². The van der Waals surface area contributed by atoms with Gasteiger partial charge >= 0.3 is 6.09 Å². The monoisotopic (exact) mass is 481 g/mol. The first-order valence-corrected chi connectivity index (χ1v) is 9.45. The Labute approximate surface area is 167 Å². The molecule has 1 saturated heterocycles. The fourth-order valence-corrected chi connectivity index (χ4v) is 4.80. The second-order valence-electron chi connectivity index (χ2n) is 5.48. The first kappa shape index (κ1) is 19.5. The molecule has 0 radical (unpaired) electrons. The molecule has 1 aromatic rings. The molecule has 0 bridgehead atoms. The van der Waals surface area contributed by atoms with Gasteiger partial charge in [-0.25, -0.2) is 4.79 Å². The largest absolute Gasteiger partial charge is 0.442 e. The molecule has 0 aromatic heterocycles. The number of benzene rings is 1. The van der Waals surface area contributed by atoms with Crippen LogP contribution in [0.25, 0.3) is 0 Å². The van der Waals surface area contributed by atoms with E-state index in [9.17, 15) is 9.59 Å². The number of rotatable bonds is 4. The summed E-state index contributed by atoms with van der Waals surface area (Å²) in [6, 6.07) is 6.03. The van der Waals surface area contributed by atoms with Gasteiger partial charge < -0.3 is 15.0 Å². The number of carbonyl (C=O) groups excluding carboxylic acids is 2. The lowest BCUT2D eigenvalue weighted by atomic mass is 10.2. The summed E-state index contributed by atoms with van der Waals surface area (Å²) in [5.74, 6) is -0.125. The van der Waals surface area contributed by atoms with Gasteiger partial charge in [-0.3, -0.25) is 9.69 Å². The topological polar surface area (TPSA) is 61.9 Å². The Morgan fingerprint density at radius 2 is 2.25 bits per heavy atom. The third kappa shape index (κ3) is 3.88. The van der Waals surface area contributed by atoms with E-state index in [1.54, 1.807) is 28.4 Å². The van der Waals surface area contributed by atoms with Crippen molar-refractivity contribution in [3.05, 3.63) is 18.2 Å². The summed E-state index contributed by atoms with van der Waals surface area (Å²) in [7, 11) is 2.08. The van der Waals surface area contributed by atoms with Crippen LogP contribution in [-0.2, 0) is 9.53 Å². The zero-order valence-corrected chi connectivity index (χ0v) is 17.6. The number of nitrogens with zero attached hydrogens (tertiary/aromatic N) is 2. The van der Waals surface area contributed by atoms with Gasteiger partial charge in [-0.15, -0.1) is 35.7 Å². The molecule has 2 aliphatic rings. The van der Waals surface area contributed by atoms with Crippen LogP contribution in [0.5, 0.6) is 0 Å². The summed E-state index contributed by atoms with van der Waals surface area (Å²) in [4.78, 5) is 28.1. The zero-order chi connectivity index (χ0) is 16.6. The second-order valence-corrected chi connectivity index (χ2v) is 7.82. The summed E-state index contributed by atoms with van der Waals surface area (Å²) in [5.41, 5.74) is 2.02. The predicted molar refractivity (Wildman–Crippen MR) is 110 cm³/mol. The average Bonchev–Trinajstić information content (AvgIpc) is 3.05. The van der Waals surface area contributed by atoms with Crippen molar-refractivity contribution in [1.29, 1.82) is 0 Å². The van der Waals surface area contributed by atoms with E-state index < -0.39 is 0 Å². The Morgan fingerprint density at radius 3 is 2.92 bits per heavy atom. The highest BCUT2D eigenvalue weighted by molar-refractivity contribution is 14.0. The van der Waals surface area contributed by atoms with E-state index in [0.29, 0.717) is 17.8 Å². The van der Waals surface area contributed by atoms with Crippen LogP contribution in [-0.4, -0.2) is 49.2 Å². The van der Waals surface area contributed by atoms with Crippen molar-refractivity contribution in [3.8, 4) is 0 Å². The molecule has 0 spiro atoms. The lowest BCUT2D eigenvalue weighted by Gasteiger charge is -2.19. The van der Waals surface area contributed by atoms with Crippen LogP contribution >= 0.6 is 47.5 Å². The number of nitrogens with one attached hydrogen (secondary N) is 1. The number of halogens is 1. The van der Waals surface area contributed by atoms with Gasteiger partial charge in [-0.05, 0) is 24.5 Å². The average molecular weight is 481 g/mol. The molecule has 0 saturated carbocycles. The van der Waals surface area contributed by atoms with Crippen LogP contribution in [0.4, 0.5) is 16.2 Å². The standard InChI is InChI=1S/C15H19N3O3S2.HI/c1-9(19)16-7-11-8-18(14(20)21-11)10-4-5-12-13(6-10)23-15(22-3)17(12)2;/h4-6,11,15H,7-8H2,1-3H3,(H,16,19);1H/t11-,15?;/m0./s1. The van der Waals surface area contributed by atoms with Crippen molar-refractivity contribution in [1.82, 2.24) is 5.32 Å². The quantitative estimate of drug-likeness (QED) is 0.668. The summed E-state index contributed by atoms with van der Waals surface area (Å²) in [5, 5.41) is 2.68. The second kappa shape index (κ2) is 8.05. The summed E-state index contributed by atoms with van der Waals surface area (Å²) >= 11 is 3.58. The van der Waals surface area contributed by atoms with E-state index in [1.807, 2.05) is 18.2 Å². The van der Waals surface area contributed by atoms with Crippen molar-refractivity contribution in [3.63, 3.8) is 0 Å². The van der Waals surface area contributed by atoms with Gasteiger partial charge in [-0.2, -0.15) is 0 Å². The fourth-order valence-electron chi connectivity index (χ4n) is 2.66. The molecular formula is C15H20IN3O3S2. The summed E-state index contributed by atoms with van der Waals surface area (Å²) < 4.78 is 5.67. The maximum Gasteiger partial charge on any atom is 0.414 e. The predicted octanol–water partition coefficient (Wildman–Crippen LogP) is 2.95. The van der Waals surface area contributed by atoms with Crippen LogP contribution < -0.4 is 15.1 Å². The van der Waals surface area contributed by atoms with Gasteiger partial charge in [0.1, 0.15) is 10.8 Å². The van der Waals surface area contributed by atoms with E-state index in [1.165, 1.54) is 17.5 Å². The molecule has 1 unspecified atom stereocenters. The molecule has 1 fully saturated rings. The number of anilines is 2. The van der Waals surface area contributed by atoms with Gasteiger partial charge in [0.05, 0.1) is 18.8 Å². The van der Waals surface area contributed by atoms with Gasteiger partial charge in [0.2, 0.25) is 5.91 Å². The van der Waals surface area contributed by atoms with Gasteiger partial charge in [-0.1, -0.05) is 11.8 Å². The maximum absolute atomic E-state index is 12.1. The van der Waals surface area contributed by atoms with Crippen molar-refractivity contribution in [2.45, 2.75) is 22.6 Å². The Balaban J connectivity index is 0.00000208. The molecule has 2 aliphatic heterocycles. The third-order valence-corrected chi connectivity index (χ3v) is 6.52. The smallest absolute Gasteiger partial charge is 0.414 e. The lowest BCUT2D eigenvalue weighted by Crippen LogP contribution is -2.33. The number of amides is 2. The highest BCUT2D eigenvalue weighted by atomic mass is 127. The van der Waals surface area contributed by atoms with E-state index in [0.717, 1.165) is 5.69 Å². The van der Waals surface area contributed by atoms with Crippen LogP contribution in [0.15, 0.2) is 23.1 Å². The van der Waals surface area contributed by atoms with E-state index in [4.69, 9.17) is 4.74 Å². The number of fused-ring (bicyclic) bond motifs is 1. The molecule has 24 heavy (non-hydrogen) atoms. The van der Waals surface area contributed by atoms with Crippen molar-refractivity contribution in [2.24, 2.45) is 0 Å². The molecule has 9 heteroatoms. The molecule has 3 rings (SSSR count). The minimum Gasteiger partial charge on any atom is -0.442 e. The third-order valence-electron chi connectivity index (χ3n) is 3.83. The SMILES string of the molecule is CSC1Sc2cc(N3C[C@H](CNC(C)=O)OC3=O)ccc2N1C.I.